The van der Waals surface area contributed by atoms with Crippen molar-refractivity contribution in [2.75, 3.05) is 5.32 Å². The van der Waals surface area contributed by atoms with E-state index in [0.29, 0.717) is 18.7 Å². The van der Waals surface area contributed by atoms with Gasteiger partial charge in [0.1, 0.15) is 5.75 Å². The molecular formula is C21H18N2O3S. The zero-order valence-electron chi connectivity index (χ0n) is 14.7. The third-order valence-corrected chi connectivity index (χ3v) is 6.21. The number of fused-ring (bicyclic) bond motifs is 1. The fraction of sp³-hybridized carbons (Fsp3) is 0.238. The van der Waals surface area contributed by atoms with Crippen molar-refractivity contribution >= 4 is 23.0 Å². The summed E-state index contributed by atoms with van der Waals surface area (Å²) in [6.07, 6.45) is 1.04. The van der Waals surface area contributed by atoms with Crippen LogP contribution in [0.15, 0.2) is 56.9 Å². The first-order valence-corrected chi connectivity index (χ1v) is 9.87. The number of phenolic OH excluding ortho intramolecular Hbond substituents is 1. The number of benzene rings is 1. The van der Waals surface area contributed by atoms with Crippen LogP contribution in [0.1, 0.15) is 47.1 Å². The minimum Gasteiger partial charge on any atom is -0.508 e. The first-order valence-electron chi connectivity index (χ1n) is 8.93. The largest absolute Gasteiger partial charge is 0.508 e. The summed E-state index contributed by atoms with van der Waals surface area (Å²) in [6.45, 7) is 1.91. The van der Waals surface area contributed by atoms with Gasteiger partial charge in [0.05, 0.1) is 11.3 Å². The second kappa shape index (κ2) is 6.09. The number of nitrogens with zero attached hydrogens (tertiary/aromatic N) is 1. The van der Waals surface area contributed by atoms with E-state index in [1.165, 1.54) is 0 Å². The summed E-state index contributed by atoms with van der Waals surface area (Å²) in [5, 5.41) is 21.8. The number of allylic oxidation sites excluding steroid dienone is 2. The number of hydrogen-bond donors (Lipinski definition) is 2. The standard InChI is InChI=1S/C21H18N2O3S/c1-11-18-19(12-6-7-27-10-12)20-15(22-21(18)26-23-11)8-13(9-17(20)25)14-4-2-3-5-16(14)24/h2-7,10,13,19,22,24H,8-9H2,1H3/t13-,19-/m1/s1. The van der Waals surface area contributed by atoms with Crippen molar-refractivity contribution in [1.82, 2.24) is 5.16 Å². The average Bonchev–Trinajstić information content (AvgIpc) is 3.31. The van der Waals surface area contributed by atoms with Crippen LogP contribution in [0.2, 0.25) is 0 Å². The maximum Gasteiger partial charge on any atom is 0.233 e. The first kappa shape index (κ1) is 16.3. The summed E-state index contributed by atoms with van der Waals surface area (Å²) in [5.74, 6) is 0.763. The lowest BCUT2D eigenvalue weighted by Gasteiger charge is -2.34. The molecule has 2 aliphatic rings. The number of Topliss-reactive ketones (excluding diaryl/α,β-unsaturated/α-hetero) is 1. The Morgan fingerprint density at radius 1 is 1.26 bits per heavy atom. The van der Waals surface area contributed by atoms with Gasteiger partial charge in [-0.25, -0.2) is 0 Å². The lowest BCUT2D eigenvalue weighted by Crippen LogP contribution is -2.29. The Morgan fingerprint density at radius 2 is 2.11 bits per heavy atom. The number of thiophene rings is 1. The zero-order chi connectivity index (χ0) is 18.5. The van der Waals surface area contributed by atoms with Crippen LogP contribution in [0.4, 0.5) is 5.88 Å². The van der Waals surface area contributed by atoms with Crippen molar-refractivity contribution in [2.45, 2.75) is 31.6 Å². The van der Waals surface area contributed by atoms with Crippen molar-refractivity contribution in [3.05, 3.63) is 74.7 Å². The highest BCUT2D eigenvalue weighted by molar-refractivity contribution is 7.08. The SMILES string of the molecule is Cc1noc2c1[C@@H](c1ccsc1)C1=C(C[C@@H](c3ccccc3O)CC1=O)N2. The summed E-state index contributed by atoms with van der Waals surface area (Å²) in [7, 11) is 0. The van der Waals surface area contributed by atoms with E-state index >= 15 is 0 Å². The van der Waals surface area contributed by atoms with Gasteiger partial charge < -0.3 is 14.9 Å². The Labute approximate surface area is 160 Å². The maximum atomic E-state index is 13.2. The van der Waals surface area contributed by atoms with Crippen molar-refractivity contribution in [1.29, 1.82) is 0 Å². The molecule has 1 aliphatic carbocycles. The minimum absolute atomic E-state index is 0.0568. The molecule has 0 bridgehead atoms. The monoisotopic (exact) mass is 378 g/mol. The Morgan fingerprint density at radius 3 is 2.89 bits per heavy atom. The van der Waals surface area contributed by atoms with Crippen LogP contribution in [0.25, 0.3) is 0 Å². The summed E-state index contributed by atoms with van der Waals surface area (Å²) in [6, 6.07) is 9.31. The number of aromatic hydroxyl groups is 1. The second-order valence-electron chi connectivity index (χ2n) is 7.10. The van der Waals surface area contributed by atoms with Crippen molar-refractivity contribution in [3.63, 3.8) is 0 Å². The fourth-order valence-corrected chi connectivity index (χ4v) is 4.98. The molecule has 0 saturated carbocycles. The number of rotatable bonds is 2. The molecule has 1 aliphatic heterocycles. The molecule has 2 aromatic heterocycles. The third kappa shape index (κ3) is 2.51. The molecule has 1 aromatic carbocycles. The first-order chi connectivity index (χ1) is 13.1. The van der Waals surface area contributed by atoms with Gasteiger partial charge in [-0.15, -0.1) is 0 Å². The number of ketones is 1. The lowest BCUT2D eigenvalue weighted by atomic mass is 9.73. The minimum atomic E-state index is -0.147. The van der Waals surface area contributed by atoms with E-state index in [9.17, 15) is 9.90 Å². The van der Waals surface area contributed by atoms with Crippen molar-refractivity contribution < 1.29 is 14.4 Å². The number of aryl methyl sites for hydroxylation is 1. The average molecular weight is 378 g/mol. The van der Waals surface area contributed by atoms with Gasteiger partial charge >= 0.3 is 0 Å². The lowest BCUT2D eigenvalue weighted by molar-refractivity contribution is -0.116. The van der Waals surface area contributed by atoms with E-state index in [0.717, 1.165) is 33.7 Å². The Hall–Kier alpha value is -2.86. The van der Waals surface area contributed by atoms with Crippen LogP contribution < -0.4 is 5.32 Å². The molecule has 3 heterocycles. The normalized spacial score (nSPS) is 21.6. The summed E-state index contributed by atoms with van der Waals surface area (Å²) >= 11 is 1.62. The van der Waals surface area contributed by atoms with Gasteiger partial charge in [0.25, 0.3) is 0 Å². The molecule has 5 rings (SSSR count). The summed E-state index contributed by atoms with van der Waals surface area (Å²) < 4.78 is 5.51. The van der Waals surface area contributed by atoms with E-state index in [2.05, 4.69) is 21.9 Å². The maximum absolute atomic E-state index is 13.2. The molecule has 2 N–H and O–H groups in total. The molecule has 0 saturated heterocycles. The van der Waals surface area contributed by atoms with Gasteiger partial charge in [0, 0.05) is 29.5 Å². The number of nitrogens with one attached hydrogen (secondary N) is 1. The topological polar surface area (TPSA) is 75.4 Å². The van der Waals surface area contributed by atoms with E-state index in [4.69, 9.17) is 4.52 Å². The van der Waals surface area contributed by atoms with Crippen LogP contribution in [-0.4, -0.2) is 16.0 Å². The Bertz CT molecular complexity index is 1070. The molecule has 0 radical (unpaired) electrons. The number of para-hydroxylation sites is 1. The zero-order valence-corrected chi connectivity index (χ0v) is 15.5. The third-order valence-electron chi connectivity index (χ3n) is 5.51. The molecule has 0 unspecified atom stereocenters. The van der Waals surface area contributed by atoms with Gasteiger partial charge in [0.2, 0.25) is 5.88 Å². The van der Waals surface area contributed by atoms with Gasteiger partial charge in [-0.2, -0.15) is 11.3 Å². The van der Waals surface area contributed by atoms with Crippen LogP contribution >= 0.6 is 11.3 Å². The number of aromatic nitrogens is 1. The van der Waals surface area contributed by atoms with Crippen LogP contribution in [-0.2, 0) is 4.79 Å². The predicted molar refractivity (Wildman–Crippen MR) is 103 cm³/mol. The number of hydrogen-bond acceptors (Lipinski definition) is 6. The molecule has 0 fully saturated rings. The fourth-order valence-electron chi connectivity index (χ4n) is 4.30. The molecule has 2 atom stereocenters. The van der Waals surface area contributed by atoms with Gasteiger partial charge in [-0.3, -0.25) is 4.79 Å². The molecular weight excluding hydrogens is 360 g/mol. The van der Waals surface area contributed by atoms with E-state index < -0.39 is 0 Å². The number of phenols is 1. The van der Waals surface area contributed by atoms with Crippen molar-refractivity contribution in [2.24, 2.45) is 0 Å². The van der Waals surface area contributed by atoms with E-state index in [1.807, 2.05) is 24.4 Å². The molecule has 0 amide bonds. The Balaban J connectivity index is 1.63. The van der Waals surface area contributed by atoms with E-state index in [1.54, 1.807) is 23.5 Å². The molecule has 6 heteroatoms. The number of carbonyl (C=O) groups is 1. The number of anilines is 1. The highest BCUT2D eigenvalue weighted by Crippen LogP contribution is 2.49. The predicted octanol–water partition coefficient (Wildman–Crippen LogP) is 4.71. The molecule has 27 heavy (non-hydrogen) atoms. The highest BCUT2D eigenvalue weighted by atomic mass is 32.1. The number of carbonyl (C=O) groups excluding carboxylic acids is 1. The molecule has 5 nitrogen and oxygen atoms in total. The van der Waals surface area contributed by atoms with Gasteiger partial charge in [-0.05, 0) is 47.4 Å². The van der Waals surface area contributed by atoms with Crippen LogP contribution in [0.5, 0.6) is 5.75 Å². The van der Waals surface area contributed by atoms with E-state index in [-0.39, 0.29) is 23.4 Å². The summed E-state index contributed by atoms with van der Waals surface area (Å²) in [4.78, 5) is 13.2. The molecule has 136 valence electrons. The van der Waals surface area contributed by atoms with Crippen molar-refractivity contribution in [3.8, 4) is 5.75 Å². The second-order valence-corrected chi connectivity index (χ2v) is 7.88. The smallest absolute Gasteiger partial charge is 0.233 e. The molecule has 0 spiro atoms. The highest BCUT2D eigenvalue weighted by Gasteiger charge is 2.41. The van der Waals surface area contributed by atoms with Crippen LogP contribution in [0.3, 0.4) is 0 Å². The van der Waals surface area contributed by atoms with Gasteiger partial charge in [0.15, 0.2) is 5.78 Å². The van der Waals surface area contributed by atoms with Crippen LogP contribution in [0, 0.1) is 6.92 Å². The molecule has 3 aromatic rings. The quantitative estimate of drug-likeness (QED) is 0.675. The summed E-state index contributed by atoms with van der Waals surface area (Å²) in [5.41, 5.74) is 5.33. The Kier molecular flexibility index (Phi) is 3.68. The van der Waals surface area contributed by atoms with Gasteiger partial charge in [-0.1, -0.05) is 23.4 Å².